The summed E-state index contributed by atoms with van der Waals surface area (Å²) >= 11 is 5.75. The molecule has 1 heterocycles. The highest BCUT2D eigenvalue weighted by Gasteiger charge is 2.34. The maximum absolute atomic E-state index is 10.3. The van der Waals surface area contributed by atoms with E-state index in [2.05, 4.69) is 5.32 Å². The molecule has 0 aromatic rings. The predicted octanol–water partition coefficient (Wildman–Crippen LogP) is 0.835. The van der Waals surface area contributed by atoms with Crippen LogP contribution in [0.15, 0.2) is 12.0 Å². The minimum Gasteiger partial charge on any atom is -0.475 e. The predicted molar refractivity (Wildman–Crippen MR) is 38.8 cm³/mol. The minimum atomic E-state index is -1.12. The van der Waals surface area contributed by atoms with Crippen molar-refractivity contribution < 1.29 is 14.6 Å². The van der Waals surface area contributed by atoms with E-state index in [1.807, 2.05) is 0 Å². The zero-order chi connectivity index (χ0) is 8.48. The molecule has 0 amide bonds. The van der Waals surface area contributed by atoms with Gasteiger partial charge in [-0.05, 0) is 0 Å². The number of rotatable bonds is 2. The number of alkyl halides is 1. The van der Waals surface area contributed by atoms with Gasteiger partial charge in [-0.25, -0.2) is 4.79 Å². The molecule has 11 heavy (non-hydrogen) atoms. The molecule has 62 valence electrons. The molecule has 0 saturated heterocycles. The SMILES string of the molecule is CCC1(Cl)NC=C(C(=O)O)O1. The van der Waals surface area contributed by atoms with Crippen molar-refractivity contribution in [2.45, 2.75) is 18.5 Å². The van der Waals surface area contributed by atoms with Gasteiger partial charge in [0.25, 0.3) is 5.18 Å². The summed E-state index contributed by atoms with van der Waals surface area (Å²) in [6.07, 6.45) is 1.74. The van der Waals surface area contributed by atoms with Gasteiger partial charge in [0.1, 0.15) is 0 Å². The van der Waals surface area contributed by atoms with Crippen LogP contribution in [0.2, 0.25) is 0 Å². The normalized spacial score (nSPS) is 28.7. The zero-order valence-corrected chi connectivity index (χ0v) is 6.68. The number of carboxylic acid groups (broad SMARTS) is 1. The average molecular weight is 178 g/mol. The molecule has 0 saturated carbocycles. The number of halogens is 1. The molecule has 1 atom stereocenters. The molecule has 4 nitrogen and oxygen atoms in total. The Balaban J connectivity index is 2.62. The third kappa shape index (κ3) is 1.57. The fourth-order valence-corrected chi connectivity index (χ4v) is 0.824. The van der Waals surface area contributed by atoms with Crippen LogP contribution in [0.25, 0.3) is 0 Å². The van der Waals surface area contributed by atoms with Crippen molar-refractivity contribution in [2.75, 3.05) is 0 Å². The third-order valence-corrected chi connectivity index (χ3v) is 1.81. The minimum absolute atomic E-state index is 0.151. The first-order valence-electron chi connectivity index (χ1n) is 3.16. The summed E-state index contributed by atoms with van der Waals surface area (Å²) in [6, 6.07) is 0. The van der Waals surface area contributed by atoms with E-state index in [1.54, 1.807) is 6.92 Å². The molecule has 1 aliphatic rings. The lowest BCUT2D eigenvalue weighted by molar-refractivity contribution is -0.137. The molecule has 0 radical (unpaired) electrons. The van der Waals surface area contributed by atoms with Gasteiger partial charge in [0.2, 0.25) is 5.76 Å². The first-order valence-corrected chi connectivity index (χ1v) is 3.54. The van der Waals surface area contributed by atoms with Crippen LogP contribution in [-0.2, 0) is 9.53 Å². The maximum atomic E-state index is 10.3. The Morgan fingerprint density at radius 2 is 2.64 bits per heavy atom. The van der Waals surface area contributed by atoms with Gasteiger partial charge in [-0.1, -0.05) is 18.5 Å². The highest BCUT2D eigenvalue weighted by atomic mass is 35.5. The second-order valence-electron chi connectivity index (χ2n) is 2.14. The largest absolute Gasteiger partial charge is 0.475 e. The highest BCUT2D eigenvalue weighted by molar-refractivity contribution is 6.23. The summed E-state index contributed by atoms with van der Waals surface area (Å²) in [5.41, 5.74) is 0. The van der Waals surface area contributed by atoms with Gasteiger partial charge in [0, 0.05) is 6.42 Å². The second-order valence-corrected chi connectivity index (χ2v) is 2.75. The van der Waals surface area contributed by atoms with Gasteiger partial charge in [-0.2, -0.15) is 0 Å². The Kier molecular flexibility index (Phi) is 1.95. The average Bonchev–Trinajstić information content (AvgIpc) is 2.33. The Morgan fingerprint density at radius 1 is 2.00 bits per heavy atom. The van der Waals surface area contributed by atoms with E-state index in [0.717, 1.165) is 0 Å². The number of hydrogen-bond acceptors (Lipinski definition) is 3. The Bertz CT molecular complexity index is 216. The van der Waals surface area contributed by atoms with Crippen LogP contribution in [0.1, 0.15) is 13.3 Å². The molecule has 0 aromatic carbocycles. The lowest BCUT2D eigenvalue weighted by atomic mass is 10.4. The second kappa shape index (κ2) is 2.62. The van der Waals surface area contributed by atoms with E-state index in [1.165, 1.54) is 6.20 Å². The molecule has 1 rings (SSSR count). The molecule has 1 aliphatic heterocycles. The summed E-state index contributed by atoms with van der Waals surface area (Å²) < 4.78 is 4.88. The number of hydrogen-bond donors (Lipinski definition) is 2. The van der Waals surface area contributed by atoms with Gasteiger partial charge in [-0.15, -0.1) is 0 Å². The van der Waals surface area contributed by atoms with E-state index < -0.39 is 11.2 Å². The smallest absolute Gasteiger partial charge is 0.372 e. The maximum Gasteiger partial charge on any atom is 0.372 e. The van der Waals surface area contributed by atoms with Crippen molar-refractivity contribution in [3.63, 3.8) is 0 Å². The van der Waals surface area contributed by atoms with E-state index in [4.69, 9.17) is 21.4 Å². The van der Waals surface area contributed by atoms with Gasteiger partial charge in [0.05, 0.1) is 6.20 Å². The number of aliphatic carboxylic acids is 1. The van der Waals surface area contributed by atoms with Gasteiger partial charge in [-0.3, -0.25) is 0 Å². The summed E-state index contributed by atoms with van der Waals surface area (Å²) in [4.78, 5) is 10.3. The number of nitrogens with one attached hydrogen (secondary N) is 1. The van der Waals surface area contributed by atoms with Crippen molar-refractivity contribution in [1.29, 1.82) is 0 Å². The molecule has 0 aliphatic carbocycles. The third-order valence-electron chi connectivity index (χ3n) is 1.36. The monoisotopic (exact) mass is 177 g/mol. The Hall–Kier alpha value is -0.900. The Labute approximate surface area is 68.8 Å². The van der Waals surface area contributed by atoms with Crippen molar-refractivity contribution in [3.8, 4) is 0 Å². The van der Waals surface area contributed by atoms with E-state index in [9.17, 15) is 4.79 Å². The summed E-state index contributed by atoms with van der Waals surface area (Å²) in [5.74, 6) is -1.27. The standard InChI is InChI=1S/C6H8ClNO3/c1-2-6(7)8-3-4(11-6)5(9)10/h3,8H,2H2,1H3,(H,9,10). The first-order chi connectivity index (χ1) is 5.07. The van der Waals surface area contributed by atoms with Crippen molar-refractivity contribution >= 4 is 17.6 Å². The Morgan fingerprint density at radius 3 is 2.91 bits per heavy atom. The number of carbonyl (C=O) groups is 1. The molecule has 0 bridgehead atoms. The lowest BCUT2D eigenvalue weighted by Crippen LogP contribution is -2.33. The van der Waals surface area contributed by atoms with Gasteiger partial charge in [0.15, 0.2) is 0 Å². The van der Waals surface area contributed by atoms with Crippen LogP contribution in [0.5, 0.6) is 0 Å². The highest BCUT2D eigenvalue weighted by Crippen LogP contribution is 2.26. The topological polar surface area (TPSA) is 58.6 Å². The number of ether oxygens (including phenoxy) is 1. The number of carboxylic acids is 1. The molecule has 0 aromatic heterocycles. The van der Waals surface area contributed by atoms with Crippen LogP contribution in [0, 0.1) is 0 Å². The summed E-state index contributed by atoms with van der Waals surface area (Å²) in [7, 11) is 0. The van der Waals surface area contributed by atoms with Gasteiger partial charge < -0.3 is 15.2 Å². The van der Waals surface area contributed by atoms with Crippen LogP contribution in [0.4, 0.5) is 0 Å². The van der Waals surface area contributed by atoms with E-state index >= 15 is 0 Å². The first kappa shape index (κ1) is 8.20. The molecule has 5 heteroatoms. The summed E-state index contributed by atoms with van der Waals surface area (Å²) in [6.45, 7) is 1.79. The molecule has 2 N–H and O–H groups in total. The fourth-order valence-electron chi connectivity index (χ4n) is 0.686. The fraction of sp³-hybridized carbons (Fsp3) is 0.500. The van der Waals surface area contributed by atoms with Crippen LogP contribution < -0.4 is 5.32 Å². The van der Waals surface area contributed by atoms with Crippen molar-refractivity contribution in [3.05, 3.63) is 12.0 Å². The van der Waals surface area contributed by atoms with E-state index in [0.29, 0.717) is 6.42 Å². The van der Waals surface area contributed by atoms with Crippen molar-refractivity contribution in [2.24, 2.45) is 0 Å². The van der Waals surface area contributed by atoms with Crippen molar-refractivity contribution in [1.82, 2.24) is 5.32 Å². The van der Waals surface area contributed by atoms with E-state index in [-0.39, 0.29) is 5.76 Å². The zero-order valence-electron chi connectivity index (χ0n) is 5.93. The molecule has 0 fully saturated rings. The molecular formula is C6H8ClNO3. The summed E-state index contributed by atoms with van der Waals surface area (Å²) in [5, 5.41) is 10.0. The lowest BCUT2D eigenvalue weighted by Gasteiger charge is -2.19. The molecular weight excluding hydrogens is 170 g/mol. The van der Waals surface area contributed by atoms with Crippen LogP contribution >= 0.6 is 11.6 Å². The van der Waals surface area contributed by atoms with Crippen LogP contribution in [0.3, 0.4) is 0 Å². The van der Waals surface area contributed by atoms with Gasteiger partial charge >= 0.3 is 5.97 Å². The molecule has 1 unspecified atom stereocenters. The quantitative estimate of drug-likeness (QED) is 0.485. The van der Waals surface area contributed by atoms with Crippen LogP contribution in [-0.4, -0.2) is 16.3 Å². The molecule has 0 spiro atoms.